The second kappa shape index (κ2) is 15.8. The van der Waals surface area contributed by atoms with E-state index in [2.05, 4.69) is 19.1 Å². The molecule has 0 unspecified atom stereocenters. The van der Waals surface area contributed by atoms with Gasteiger partial charge in [0.1, 0.15) is 12.4 Å². The smallest absolute Gasteiger partial charge is 0.201 e. The Hall–Kier alpha value is -3.28. The molecule has 0 N–H and O–H groups in total. The summed E-state index contributed by atoms with van der Waals surface area (Å²) in [5, 5.41) is 0. The van der Waals surface area contributed by atoms with Crippen molar-refractivity contribution in [1.82, 2.24) is 0 Å². The predicted octanol–water partition coefficient (Wildman–Crippen LogP) is 10.8. The summed E-state index contributed by atoms with van der Waals surface area (Å²) < 4.78 is 69.2. The number of hydrogen-bond acceptors (Lipinski definition) is 2. The van der Waals surface area contributed by atoms with Crippen LogP contribution in [0.5, 0.6) is 11.5 Å². The molecule has 0 atom stereocenters. The number of benzene rings is 3. The van der Waals surface area contributed by atoms with Crippen molar-refractivity contribution < 1.29 is 27.0 Å². The molecule has 0 amide bonds. The van der Waals surface area contributed by atoms with E-state index in [4.69, 9.17) is 9.47 Å². The van der Waals surface area contributed by atoms with Gasteiger partial charge in [-0.2, -0.15) is 4.39 Å². The van der Waals surface area contributed by atoms with Crippen molar-refractivity contribution >= 4 is 0 Å². The molecule has 226 valence electrons. The summed E-state index contributed by atoms with van der Waals surface area (Å²) in [6.07, 6.45) is 17.4. The van der Waals surface area contributed by atoms with Crippen LogP contribution in [0.15, 0.2) is 60.7 Å². The van der Waals surface area contributed by atoms with Gasteiger partial charge in [0.05, 0.1) is 6.61 Å². The fourth-order valence-electron chi connectivity index (χ4n) is 5.72. The summed E-state index contributed by atoms with van der Waals surface area (Å²) in [4.78, 5) is 0. The molecule has 42 heavy (non-hydrogen) atoms. The second-order valence-corrected chi connectivity index (χ2v) is 11.2. The van der Waals surface area contributed by atoms with E-state index in [1.54, 1.807) is 6.92 Å². The van der Waals surface area contributed by atoms with Crippen LogP contribution in [0, 0.1) is 35.1 Å². The maximum absolute atomic E-state index is 14.9. The first kappa shape index (κ1) is 31.7. The van der Waals surface area contributed by atoms with Crippen LogP contribution in [0.25, 0.3) is 11.1 Å². The van der Waals surface area contributed by atoms with Crippen LogP contribution < -0.4 is 9.47 Å². The first-order valence-electron chi connectivity index (χ1n) is 15.4. The Kier molecular flexibility index (Phi) is 11.9. The maximum atomic E-state index is 14.9. The van der Waals surface area contributed by atoms with E-state index < -0.39 is 23.3 Å². The van der Waals surface area contributed by atoms with E-state index in [1.807, 2.05) is 24.3 Å². The lowest BCUT2D eigenvalue weighted by Gasteiger charge is -2.26. The molecule has 1 aliphatic carbocycles. The molecule has 3 aromatic carbocycles. The Morgan fingerprint density at radius 2 is 1.43 bits per heavy atom. The molecule has 6 heteroatoms. The summed E-state index contributed by atoms with van der Waals surface area (Å²) >= 11 is 0. The van der Waals surface area contributed by atoms with Crippen molar-refractivity contribution in [3.63, 3.8) is 0 Å². The van der Waals surface area contributed by atoms with Gasteiger partial charge in [0.25, 0.3) is 0 Å². The quantitative estimate of drug-likeness (QED) is 0.107. The lowest BCUT2D eigenvalue weighted by atomic mass is 9.79. The lowest BCUT2D eigenvalue weighted by Crippen LogP contribution is -2.13. The Morgan fingerprint density at radius 1 is 0.738 bits per heavy atom. The molecule has 0 bridgehead atoms. The van der Waals surface area contributed by atoms with Crippen LogP contribution in [0.1, 0.15) is 82.8 Å². The van der Waals surface area contributed by atoms with Gasteiger partial charge in [-0.25, -0.2) is 13.2 Å². The zero-order valence-corrected chi connectivity index (χ0v) is 24.7. The highest BCUT2D eigenvalue weighted by Crippen LogP contribution is 2.34. The molecule has 0 aliphatic heterocycles. The average Bonchev–Trinajstić information content (AvgIpc) is 3.00. The molecule has 1 aliphatic rings. The third kappa shape index (κ3) is 8.39. The molecular weight excluding hydrogens is 540 g/mol. The van der Waals surface area contributed by atoms with Crippen molar-refractivity contribution in [2.45, 2.75) is 84.7 Å². The number of rotatable bonds is 14. The molecule has 1 fully saturated rings. The number of hydrogen-bond donors (Lipinski definition) is 0. The van der Waals surface area contributed by atoms with Gasteiger partial charge >= 0.3 is 0 Å². The van der Waals surface area contributed by atoms with Crippen LogP contribution in [-0.2, 0) is 13.0 Å². The highest BCUT2D eigenvalue weighted by molar-refractivity contribution is 5.66. The van der Waals surface area contributed by atoms with Crippen molar-refractivity contribution in [2.24, 2.45) is 11.8 Å². The number of halogens is 4. The minimum Gasteiger partial charge on any atom is -0.491 e. The van der Waals surface area contributed by atoms with Crippen molar-refractivity contribution in [3.8, 4) is 22.6 Å². The van der Waals surface area contributed by atoms with Gasteiger partial charge in [0, 0.05) is 16.7 Å². The zero-order chi connectivity index (χ0) is 29.9. The predicted molar refractivity (Wildman–Crippen MR) is 161 cm³/mol. The SMILES string of the molecule is CCCCCC1CCC(/C=C/CCc2ccc(OCc3ccc(-c4ccc(OCC)c(F)c4F)c(F)c3F)cc2)CC1. The Labute approximate surface area is 247 Å². The van der Waals surface area contributed by atoms with E-state index in [0.29, 0.717) is 11.7 Å². The van der Waals surface area contributed by atoms with Crippen LogP contribution >= 0.6 is 0 Å². The highest BCUT2D eigenvalue weighted by atomic mass is 19.2. The summed E-state index contributed by atoms with van der Waals surface area (Å²) in [6.45, 7) is 3.84. The average molecular weight is 583 g/mol. The third-order valence-electron chi connectivity index (χ3n) is 8.23. The van der Waals surface area contributed by atoms with Crippen LogP contribution in [0.2, 0.25) is 0 Å². The van der Waals surface area contributed by atoms with Gasteiger partial charge in [-0.3, -0.25) is 0 Å². The molecule has 0 saturated heterocycles. The standard InChI is InChI=1S/C36H42F4O2/c1-3-5-6-9-25-12-14-26(15-13-25)10-7-8-11-27-16-19-29(20-17-27)42-24-28-18-21-30(34(38)33(28)37)31-22-23-32(41-4-2)36(40)35(31)39/h7,10,16-23,25-26H,3-6,8-9,11-15,24H2,1-2H3/b10-7+. The molecule has 3 aromatic rings. The fraction of sp³-hybridized carbons (Fsp3) is 0.444. The minimum absolute atomic E-state index is 0.0210. The van der Waals surface area contributed by atoms with E-state index in [1.165, 1.54) is 81.2 Å². The van der Waals surface area contributed by atoms with Crippen molar-refractivity contribution in [1.29, 1.82) is 0 Å². The number of aryl methyl sites for hydroxylation is 1. The van der Waals surface area contributed by atoms with Crippen LogP contribution in [0.3, 0.4) is 0 Å². The van der Waals surface area contributed by atoms with Gasteiger partial charge in [-0.05, 0) is 87.1 Å². The number of allylic oxidation sites excluding steroid dienone is 2. The van der Waals surface area contributed by atoms with Gasteiger partial charge < -0.3 is 9.47 Å². The van der Waals surface area contributed by atoms with Gasteiger partial charge in [0.15, 0.2) is 23.2 Å². The van der Waals surface area contributed by atoms with Crippen molar-refractivity contribution in [3.05, 3.63) is 95.1 Å². The Balaban J connectivity index is 1.25. The number of ether oxygens (including phenoxy) is 2. The molecule has 1 saturated carbocycles. The molecule has 2 nitrogen and oxygen atoms in total. The normalized spacial score (nSPS) is 17.1. The third-order valence-corrected chi connectivity index (χ3v) is 8.23. The molecule has 0 heterocycles. The Bertz CT molecular complexity index is 1310. The fourth-order valence-corrected chi connectivity index (χ4v) is 5.72. The first-order valence-corrected chi connectivity index (χ1v) is 15.4. The largest absolute Gasteiger partial charge is 0.491 e. The lowest BCUT2D eigenvalue weighted by molar-refractivity contribution is 0.289. The van der Waals surface area contributed by atoms with Crippen LogP contribution in [0.4, 0.5) is 17.6 Å². The summed E-state index contributed by atoms with van der Waals surface area (Å²) in [5.74, 6) is -3.06. The Morgan fingerprint density at radius 3 is 2.12 bits per heavy atom. The summed E-state index contributed by atoms with van der Waals surface area (Å²) in [7, 11) is 0. The second-order valence-electron chi connectivity index (χ2n) is 11.2. The van der Waals surface area contributed by atoms with Gasteiger partial charge in [-0.1, -0.05) is 69.0 Å². The van der Waals surface area contributed by atoms with E-state index >= 15 is 0 Å². The van der Waals surface area contributed by atoms with Crippen LogP contribution in [-0.4, -0.2) is 6.61 Å². The molecule has 0 aromatic heterocycles. The van der Waals surface area contributed by atoms with Gasteiger partial charge in [-0.15, -0.1) is 0 Å². The minimum atomic E-state index is -1.29. The first-order chi connectivity index (χ1) is 20.4. The topological polar surface area (TPSA) is 18.5 Å². The summed E-state index contributed by atoms with van der Waals surface area (Å²) in [6, 6.07) is 12.5. The summed E-state index contributed by atoms with van der Waals surface area (Å²) in [5.41, 5.74) is 0.407. The highest BCUT2D eigenvalue weighted by Gasteiger charge is 2.22. The number of unbranched alkanes of at least 4 members (excludes halogenated alkanes) is 2. The molecule has 4 rings (SSSR count). The monoisotopic (exact) mass is 582 g/mol. The van der Waals surface area contributed by atoms with Crippen molar-refractivity contribution in [2.75, 3.05) is 6.61 Å². The van der Waals surface area contributed by atoms with E-state index in [9.17, 15) is 17.6 Å². The molecule has 0 spiro atoms. The molecular formula is C36H42F4O2. The van der Waals surface area contributed by atoms with Gasteiger partial charge in [0.2, 0.25) is 5.82 Å². The van der Waals surface area contributed by atoms with E-state index in [0.717, 1.165) is 18.8 Å². The zero-order valence-electron chi connectivity index (χ0n) is 24.7. The maximum Gasteiger partial charge on any atom is 0.201 e. The van der Waals surface area contributed by atoms with E-state index in [-0.39, 0.29) is 35.7 Å². The molecule has 0 radical (unpaired) electrons.